The van der Waals surface area contributed by atoms with Gasteiger partial charge >= 0.3 is 0 Å². The maximum atomic E-state index is 12.5. The van der Waals surface area contributed by atoms with E-state index in [2.05, 4.69) is 16.8 Å². The summed E-state index contributed by atoms with van der Waals surface area (Å²) in [5.74, 6) is -0.178. The summed E-state index contributed by atoms with van der Waals surface area (Å²) in [7, 11) is 0. The summed E-state index contributed by atoms with van der Waals surface area (Å²) < 4.78 is 0. The minimum atomic E-state index is -0.178. The lowest BCUT2D eigenvalue weighted by Crippen LogP contribution is -2.30. The third kappa shape index (κ3) is 2.94. The average molecular weight is 324 g/mol. The molecule has 5 heteroatoms. The van der Waals surface area contributed by atoms with Crippen molar-refractivity contribution >= 4 is 35.1 Å². The number of benzene rings is 2. The van der Waals surface area contributed by atoms with E-state index in [1.165, 1.54) is 0 Å². The van der Waals surface area contributed by atoms with Crippen LogP contribution in [0.15, 0.2) is 71.4 Å². The zero-order valence-corrected chi connectivity index (χ0v) is 13.1. The first-order valence-electron chi connectivity index (χ1n) is 7.10. The molecule has 0 spiro atoms. The van der Waals surface area contributed by atoms with Crippen molar-refractivity contribution in [2.75, 3.05) is 11.4 Å². The van der Waals surface area contributed by atoms with E-state index in [0.717, 1.165) is 16.8 Å². The largest absolute Gasteiger partial charge is 0.302 e. The molecule has 1 heterocycles. The van der Waals surface area contributed by atoms with Gasteiger partial charge in [0.05, 0.1) is 11.9 Å². The lowest BCUT2D eigenvalue weighted by Gasteiger charge is -2.13. The number of carbonyl (C=O) groups excluding carboxylic acids is 1. The molecule has 0 bridgehead atoms. The summed E-state index contributed by atoms with van der Waals surface area (Å²) in [6.07, 6.45) is 3.23. The molecule has 0 aliphatic carbocycles. The van der Waals surface area contributed by atoms with Gasteiger partial charge in [0, 0.05) is 22.7 Å². The molecule has 0 radical (unpaired) electrons. The number of carbonyl (C=O) groups is 1. The number of amides is 1. The molecule has 0 atom stereocenters. The van der Waals surface area contributed by atoms with Crippen molar-refractivity contribution in [1.29, 1.82) is 0 Å². The van der Waals surface area contributed by atoms with Gasteiger partial charge in [0.2, 0.25) is 0 Å². The molecule has 0 saturated heterocycles. The zero-order chi connectivity index (χ0) is 16.2. The first kappa shape index (κ1) is 15.2. The van der Waals surface area contributed by atoms with Crippen LogP contribution in [0.25, 0.3) is 0 Å². The van der Waals surface area contributed by atoms with E-state index in [1.807, 2.05) is 42.5 Å². The number of hydrogen-bond donors (Lipinski definition) is 0. The smallest absolute Gasteiger partial charge is 0.279 e. The highest BCUT2D eigenvalue weighted by molar-refractivity contribution is 6.54. The van der Waals surface area contributed by atoms with Crippen molar-refractivity contribution in [2.24, 2.45) is 10.2 Å². The van der Waals surface area contributed by atoms with E-state index < -0.39 is 0 Å². The van der Waals surface area contributed by atoms with E-state index in [-0.39, 0.29) is 5.91 Å². The number of halogens is 1. The number of hydrogen-bond acceptors (Lipinski definition) is 3. The Balaban J connectivity index is 1.95. The van der Waals surface area contributed by atoms with Gasteiger partial charge < -0.3 is 4.90 Å². The number of nitrogens with zero attached hydrogens (tertiary/aromatic N) is 3. The molecule has 0 N–H and O–H groups in total. The molecule has 0 aromatic heterocycles. The maximum Gasteiger partial charge on any atom is 0.279 e. The summed E-state index contributed by atoms with van der Waals surface area (Å²) in [6.45, 7) is 4.12. The molecule has 2 aromatic rings. The van der Waals surface area contributed by atoms with Crippen LogP contribution >= 0.6 is 11.6 Å². The quantitative estimate of drug-likeness (QED) is 0.481. The van der Waals surface area contributed by atoms with Gasteiger partial charge in [0.25, 0.3) is 5.91 Å². The monoisotopic (exact) mass is 323 g/mol. The molecule has 0 unspecified atom stereocenters. The highest BCUT2D eigenvalue weighted by Gasteiger charge is 2.32. The SMILES string of the molecule is C=CCN1C(=O)/C(=N\N=C/c2ccccc2Cl)c2ccccc21. The summed E-state index contributed by atoms with van der Waals surface area (Å²) in [5, 5.41) is 8.74. The summed E-state index contributed by atoms with van der Waals surface area (Å²) >= 11 is 6.07. The fourth-order valence-electron chi connectivity index (χ4n) is 2.40. The van der Waals surface area contributed by atoms with Crippen LogP contribution in [-0.4, -0.2) is 24.4 Å². The van der Waals surface area contributed by atoms with Gasteiger partial charge in [0.1, 0.15) is 0 Å². The van der Waals surface area contributed by atoms with Crippen LogP contribution in [0, 0.1) is 0 Å². The Bertz CT molecular complexity index is 827. The molecular formula is C18H14ClN3O. The Hall–Kier alpha value is -2.72. The molecule has 114 valence electrons. The Morgan fingerprint density at radius 1 is 1.13 bits per heavy atom. The van der Waals surface area contributed by atoms with E-state index in [0.29, 0.717) is 17.3 Å². The first-order chi connectivity index (χ1) is 11.2. The van der Waals surface area contributed by atoms with Gasteiger partial charge in [-0.05, 0) is 12.1 Å². The lowest BCUT2D eigenvalue weighted by molar-refractivity contribution is -0.112. The highest BCUT2D eigenvalue weighted by Crippen LogP contribution is 2.29. The third-order valence-electron chi connectivity index (χ3n) is 3.47. The second kappa shape index (κ2) is 6.58. The Morgan fingerprint density at radius 3 is 2.65 bits per heavy atom. The molecule has 1 amide bonds. The standard InChI is InChI=1S/C18H14ClN3O/c1-2-11-22-16-10-6-4-8-14(16)17(18(22)23)21-20-12-13-7-3-5-9-15(13)19/h2-10,12H,1,11H2/b20-12-,21-17-. The van der Waals surface area contributed by atoms with Crippen LogP contribution in [0.5, 0.6) is 0 Å². The van der Waals surface area contributed by atoms with Crippen LogP contribution < -0.4 is 4.90 Å². The van der Waals surface area contributed by atoms with Gasteiger partial charge in [-0.25, -0.2) is 0 Å². The highest BCUT2D eigenvalue weighted by atomic mass is 35.5. The topological polar surface area (TPSA) is 45.0 Å². The molecular weight excluding hydrogens is 310 g/mol. The normalized spacial score (nSPS) is 15.4. The van der Waals surface area contributed by atoms with E-state index in [4.69, 9.17) is 11.6 Å². The second-order valence-corrected chi connectivity index (χ2v) is 5.34. The summed E-state index contributed by atoms with van der Waals surface area (Å²) in [6, 6.07) is 14.8. The lowest BCUT2D eigenvalue weighted by atomic mass is 10.1. The van der Waals surface area contributed by atoms with Crippen molar-refractivity contribution < 1.29 is 4.79 Å². The Kier molecular flexibility index (Phi) is 4.35. The van der Waals surface area contributed by atoms with Crippen molar-refractivity contribution in [3.05, 3.63) is 77.3 Å². The van der Waals surface area contributed by atoms with Crippen LogP contribution in [-0.2, 0) is 4.79 Å². The van der Waals surface area contributed by atoms with Gasteiger partial charge in [-0.1, -0.05) is 54.1 Å². The van der Waals surface area contributed by atoms with Crippen molar-refractivity contribution in [1.82, 2.24) is 0 Å². The molecule has 3 rings (SSSR count). The zero-order valence-electron chi connectivity index (χ0n) is 12.3. The minimum absolute atomic E-state index is 0.178. The Labute approximate surface area is 139 Å². The minimum Gasteiger partial charge on any atom is -0.302 e. The maximum absolute atomic E-state index is 12.5. The summed E-state index contributed by atoms with van der Waals surface area (Å²) in [5.41, 5.74) is 2.67. The number of rotatable bonds is 4. The molecule has 4 nitrogen and oxygen atoms in total. The number of anilines is 1. The van der Waals surface area contributed by atoms with E-state index in [1.54, 1.807) is 23.3 Å². The number of fused-ring (bicyclic) bond motifs is 1. The van der Waals surface area contributed by atoms with Crippen molar-refractivity contribution in [2.45, 2.75) is 0 Å². The fourth-order valence-corrected chi connectivity index (χ4v) is 2.58. The predicted molar refractivity (Wildman–Crippen MR) is 94.6 cm³/mol. The fraction of sp³-hybridized carbons (Fsp3) is 0.0556. The van der Waals surface area contributed by atoms with Crippen molar-refractivity contribution in [3.63, 3.8) is 0 Å². The van der Waals surface area contributed by atoms with Crippen molar-refractivity contribution in [3.8, 4) is 0 Å². The second-order valence-electron chi connectivity index (χ2n) is 4.94. The molecule has 1 aliphatic heterocycles. The third-order valence-corrected chi connectivity index (χ3v) is 3.81. The average Bonchev–Trinajstić information content (AvgIpc) is 2.83. The molecule has 2 aromatic carbocycles. The predicted octanol–water partition coefficient (Wildman–Crippen LogP) is 3.70. The molecule has 0 saturated carbocycles. The van der Waals surface area contributed by atoms with Crippen LogP contribution in [0.2, 0.25) is 5.02 Å². The van der Waals surface area contributed by atoms with Crippen LogP contribution in [0.1, 0.15) is 11.1 Å². The van der Waals surface area contributed by atoms with Gasteiger partial charge in [0.15, 0.2) is 5.71 Å². The van der Waals surface area contributed by atoms with E-state index in [9.17, 15) is 4.79 Å². The molecule has 0 fully saturated rings. The Morgan fingerprint density at radius 2 is 1.87 bits per heavy atom. The van der Waals surface area contributed by atoms with Gasteiger partial charge in [-0.2, -0.15) is 5.10 Å². The van der Waals surface area contributed by atoms with Gasteiger partial charge in [-0.3, -0.25) is 4.79 Å². The van der Waals surface area contributed by atoms with Crippen LogP contribution in [0.3, 0.4) is 0 Å². The van der Waals surface area contributed by atoms with Gasteiger partial charge in [-0.15, -0.1) is 11.7 Å². The number of para-hydroxylation sites is 1. The summed E-state index contributed by atoms with van der Waals surface area (Å²) in [4.78, 5) is 14.1. The van der Waals surface area contributed by atoms with E-state index >= 15 is 0 Å². The van der Waals surface area contributed by atoms with Crippen LogP contribution in [0.4, 0.5) is 5.69 Å². The molecule has 1 aliphatic rings. The molecule has 23 heavy (non-hydrogen) atoms. The first-order valence-corrected chi connectivity index (χ1v) is 7.48.